The Morgan fingerprint density at radius 3 is 2.57 bits per heavy atom. The summed E-state index contributed by atoms with van der Waals surface area (Å²) >= 11 is 0. The Labute approximate surface area is 178 Å². The van der Waals surface area contributed by atoms with Crippen molar-refractivity contribution in [2.45, 2.75) is 39.0 Å². The van der Waals surface area contributed by atoms with Gasteiger partial charge < -0.3 is 20.3 Å². The molecule has 0 aromatic heterocycles. The van der Waals surface area contributed by atoms with E-state index in [-0.39, 0.29) is 18.4 Å². The molecular formula is C24H31N3O3. The number of nitrogens with one attached hydrogen (secondary N) is 2. The Hall–Kier alpha value is -3.02. The standard InChI is InChI=1S/C24H31N3O3/c1-2-3-15-30-22-12-8-10-20(17-22)25-18-23(28)26-21-11-7-9-19(16-21)24(29)27-13-5-4-6-14-27/h7-12,16-17,25H,2-6,13-15,18H2,1H3,(H,26,28). The molecule has 1 heterocycles. The van der Waals surface area contributed by atoms with Crippen LogP contribution in [0.25, 0.3) is 0 Å². The topological polar surface area (TPSA) is 70.7 Å². The summed E-state index contributed by atoms with van der Waals surface area (Å²) in [5.74, 6) is 0.650. The van der Waals surface area contributed by atoms with Crippen LogP contribution in [0.15, 0.2) is 48.5 Å². The third-order valence-corrected chi connectivity index (χ3v) is 5.09. The molecule has 1 aliphatic heterocycles. The number of ether oxygens (including phenoxy) is 1. The summed E-state index contributed by atoms with van der Waals surface area (Å²) in [6, 6.07) is 14.7. The van der Waals surface area contributed by atoms with Crippen LogP contribution < -0.4 is 15.4 Å². The number of hydrogen-bond donors (Lipinski definition) is 2. The number of likely N-dealkylation sites (tertiary alicyclic amines) is 1. The minimum absolute atomic E-state index is 0.0313. The third kappa shape index (κ3) is 6.51. The Morgan fingerprint density at radius 1 is 1.00 bits per heavy atom. The SMILES string of the molecule is CCCCOc1cccc(NCC(=O)Nc2cccc(C(=O)N3CCCCC3)c2)c1. The second kappa shape index (κ2) is 11.2. The molecule has 6 nitrogen and oxygen atoms in total. The first-order valence-electron chi connectivity index (χ1n) is 10.8. The largest absolute Gasteiger partial charge is 0.494 e. The van der Waals surface area contributed by atoms with Gasteiger partial charge in [0.2, 0.25) is 5.91 Å². The van der Waals surface area contributed by atoms with Gasteiger partial charge in [-0.1, -0.05) is 25.5 Å². The number of benzene rings is 2. The van der Waals surface area contributed by atoms with Crippen LogP contribution in [0.2, 0.25) is 0 Å². The summed E-state index contributed by atoms with van der Waals surface area (Å²) in [4.78, 5) is 26.9. The summed E-state index contributed by atoms with van der Waals surface area (Å²) in [6.07, 6.45) is 5.39. The van der Waals surface area contributed by atoms with Crippen LogP contribution in [0.5, 0.6) is 5.75 Å². The van der Waals surface area contributed by atoms with Crippen molar-refractivity contribution in [2.75, 3.05) is 36.9 Å². The highest BCUT2D eigenvalue weighted by molar-refractivity contribution is 5.98. The lowest BCUT2D eigenvalue weighted by Gasteiger charge is -2.26. The van der Waals surface area contributed by atoms with E-state index < -0.39 is 0 Å². The van der Waals surface area contributed by atoms with Crippen molar-refractivity contribution in [3.05, 3.63) is 54.1 Å². The molecule has 0 aliphatic carbocycles. The van der Waals surface area contributed by atoms with Gasteiger partial charge in [0, 0.05) is 36.1 Å². The van der Waals surface area contributed by atoms with Gasteiger partial charge in [-0.3, -0.25) is 9.59 Å². The zero-order valence-electron chi connectivity index (χ0n) is 17.7. The van der Waals surface area contributed by atoms with Gasteiger partial charge in [-0.05, 0) is 56.0 Å². The highest BCUT2D eigenvalue weighted by atomic mass is 16.5. The van der Waals surface area contributed by atoms with Crippen LogP contribution in [-0.2, 0) is 4.79 Å². The Bertz CT molecular complexity index is 847. The van der Waals surface area contributed by atoms with Crippen LogP contribution in [-0.4, -0.2) is 43.0 Å². The van der Waals surface area contributed by atoms with Crippen molar-refractivity contribution in [2.24, 2.45) is 0 Å². The Balaban J connectivity index is 1.51. The molecule has 1 saturated heterocycles. The minimum Gasteiger partial charge on any atom is -0.494 e. The van der Waals surface area contributed by atoms with E-state index in [4.69, 9.17) is 4.74 Å². The zero-order valence-corrected chi connectivity index (χ0v) is 17.7. The van der Waals surface area contributed by atoms with E-state index in [1.165, 1.54) is 6.42 Å². The lowest BCUT2D eigenvalue weighted by molar-refractivity contribution is -0.114. The number of amides is 2. The normalized spacial score (nSPS) is 13.6. The van der Waals surface area contributed by atoms with Gasteiger partial charge in [-0.2, -0.15) is 0 Å². The Morgan fingerprint density at radius 2 is 1.77 bits per heavy atom. The molecule has 0 spiro atoms. The van der Waals surface area contributed by atoms with Gasteiger partial charge in [-0.25, -0.2) is 0 Å². The molecule has 2 aromatic rings. The maximum Gasteiger partial charge on any atom is 0.253 e. The van der Waals surface area contributed by atoms with Crippen LogP contribution >= 0.6 is 0 Å². The van der Waals surface area contributed by atoms with E-state index in [9.17, 15) is 9.59 Å². The van der Waals surface area contributed by atoms with Crippen LogP contribution in [0.1, 0.15) is 49.4 Å². The van der Waals surface area contributed by atoms with Gasteiger partial charge in [0.15, 0.2) is 0 Å². The smallest absolute Gasteiger partial charge is 0.253 e. The monoisotopic (exact) mass is 409 g/mol. The zero-order chi connectivity index (χ0) is 21.2. The number of rotatable bonds is 9. The summed E-state index contributed by atoms with van der Waals surface area (Å²) in [7, 11) is 0. The lowest BCUT2D eigenvalue weighted by atomic mass is 10.1. The first-order chi connectivity index (χ1) is 14.7. The average Bonchev–Trinajstić information content (AvgIpc) is 2.78. The molecule has 160 valence electrons. The fourth-order valence-corrected chi connectivity index (χ4v) is 3.43. The molecule has 0 bridgehead atoms. The molecule has 30 heavy (non-hydrogen) atoms. The predicted molar refractivity (Wildman–Crippen MR) is 120 cm³/mol. The maximum atomic E-state index is 12.7. The number of anilines is 2. The van der Waals surface area contributed by atoms with Crippen molar-refractivity contribution < 1.29 is 14.3 Å². The second-order valence-corrected chi connectivity index (χ2v) is 7.57. The molecule has 2 N–H and O–H groups in total. The minimum atomic E-state index is -0.171. The highest BCUT2D eigenvalue weighted by Crippen LogP contribution is 2.18. The van der Waals surface area contributed by atoms with Crippen LogP contribution in [0.3, 0.4) is 0 Å². The molecule has 2 amide bonds. The quantitative estimate of drug-likeness (QED) is 0.597. The molecule has 1 fully saturated rings. The number of nitrogens with zero attached hydrogens (tertiary/aromatic N) is 1. The summed E-state index contributed by atoms with van der Waals surface area (Å²) in [5.41, 5.74) is 2.06. The fraction of sp³-hybridized carbons (Fsp3) is 0.417. The van der Waals surface area contributed by atoms with E-state index in [1.54, 1.807) is 24.3 Å². The number of unbranched alkanes of at least 4 members (excludes halogenated alkanes) is 1. The van der Waals surface area contributed by atoms with E-state index in [0.29, 0.717) is 17.9 Å². The molecule has 6 heteroatoms. The molecule has 3 rings (SSSR count). The number of piperidine rings is 1. The number of carbonyl (C=O) groups excluding carboxylic acids is 2. The van der Waals surface area contributed by atoms with E-state index >= 15 is 0 Å². The van der Waals surface area contributed by atoms with E-state index in [2.05, 4.69) is 17.6 Å². The van der Waals surface area contributed by atoms with Gasteiger partial charge >= 0.3 is 0 Å². The molecule has 1 aliphatic rings. The molecule has 0 atom stereocenters. The highest BCUT2D eigenvalue weighted by Gasteiger charge is 2.18. The molecule has 0 radical (unpaired) electrons. The van der Waals surface area contributed by atoms with Gasteiger partial charge in [0.25, 0.3) is 5.91 Å². The molecule has 0 unspecified atom stereocenters. The van der Waals surface area contributed by atoms with Crippen molar-refractivity contribution in [3.8, 4) is 5.75 Å². The third-order valence-electron chi connectivity index (χ3n) is 5.09. The van der Waals surface area contributed by atoms with Crippen molar-refractivity contribution in [1.82, 2.24) is 4.90 Å². The lowest BCUT2D eigenvalue weighted by Crippen LogP contribution is -2.35. The van der Waals surface area contributed by atoms with Crippen LogP contribution in [0, 0.1) is 0 Å². The number of carbonyl (C=O) groups is 2. The molecular weight excluding hydrogens is 378 g/mol. The van der Waals surface area contributed by atoms with Gasteiger partial charge in [-0.15, -0.1) is 0 Å². The average molecular weight is 410 g/mol. The number of hydrogen-bond acceptors (Lipinski definition) is 4. The van der Waals surface area contributed by atoms with Gasteiger partial charge in [0.05, 0.1) is 13.2 Å². The fourth-order valence-electron chi connectivity index (χ4n) is 3.43. The van der Waals surface area contributed by atoms with E-state index in [1.807, 2.05) is 29.2 Å². The molecule has 2 aromatic carbocycles. The summed E-state index contributed by atoms with van der Waals surface area (Å²) < 4.78 is 5.70. The van der Waals surface area contributed by atoms with Gasteiger partial charge in [0.1, 0.15) is 5.75 Å². The predicted octanol–water partition coefficient (Wildman–Crippen LogP) is 4.54. The van der Waals surface area contributed by atoms with Crippen LogP contribution in [0.4, 0.5) is 11.4 Å². The summed E-state index contributed by atoms with van der Waals surface area (Å²) in [6.45, 7) is 4.55. The second-order valence-electron chi connectivity index (χ2n) is 7.57. The van der Waals surface area contributed by atoms with E-state index in [0.717, 1.165) is 50.2 Å². The Kier molecular flexibility index (Phi) is 8.12. The first-order valence-corrected chi connectivity index (χ1v) is 10.8. The maximum absolute atomic E-state index is 12.7. The van der Waals surface area contributed by atoms with Crippen molar-refractivity contribution >= 4 is 23.2 Å². The first kappa shape index (κ1) is 21.7. The summed E-state index contributed by atoms with van der Waals surface area (Å²) in [5, 5.41) is 5.98. The van der Waals surface area contributed by atoms with Crippen molar-refractivity contribution in [1.29, 1.82) is 0 Å². The van der Waals surface area contributed by atoms with Crippen molar-refractivity contribution in [3.63, 3.8) is 0 Å². The molecule has 0 saturated carbocycles.